The molecule has 3 nitrogen and oxygen atoms in total. The highest BCUT2D eigenvalue weighted by Crippen LogP contribution is 2.40. The molecule has 0 bridgehead atoms. The van der Waals surface area contributed by atoms with Gasteiger partial charge >= 0.3 is 0 Å². The van der Waals surface area contributed by atoms with Crippen LogP contribution in [-0.2, 0) is 6.42 Å². The van der Waals surface area contributed by atoms with Gasteiger partial charge in [-0.2, -0.15) is 0 Å². The molecule has 2 aliphatic carbocycles. The first kappa shape index (κ1) is 8.36. The largest absolute Gasteiger partial charge is 0.324 e. The highest BCUT2D eigenvalue weighted by Gasteiger charge is 2.30. The summed E-state index contributed by atoms with van der Waals surface area (Å²) < 4.78 is 0. The Kier molecular flexibility index (Phi) is 1.65. The average molecular weight is 189 g/mol. The van der Waals surface area contributed by atoms with E-state index in [2.05, 4.69) is 16.9 Å². The van der Waals surface area contributed by atoms with E-state index < -0.39 is 0 Å². The van der Waals surface area contributed by atoms with Crippen LogP contribution in [0, 0.1) is 6.92 Å². The predicted molar refractivity (Wildman–Crippen MR) is 54.0 cm³/mol. The fourth-order valence-corrected chi connectivity index (χ4v) is 2.30. The zero-order valence-electron chi connectivity index (χ0n) is 8.45. The minimum Gasteiger partial charge on any atom is -0.324 e. The molecule has 1 aromatic heterocycles. The summed E-state index contributed by atoms with van der Waals surface area (Å²) in [6, 6.07) is 0.179. The molecule has 2 aliphatic rings. The van der Waals surface area contributed by atoms with Crippen LogP contribution in [0.2, 0.25) is 0 Å². The van der Waals surface area contributed by atoms with E-state index >= 15 is 0 Å². The first-order valence-corrected chi connectivity index (χ1v) is 5.38. The van der Waals surface area contributed by atoms with Crippen molar-refractivity contribution in [3.63, 3.8) is 0 Å². The summed E-state index contributed by atoms with van der Waals surface area (Å²) in [6.07, 6.45) is 4.62. The molecule has 1 atom stereocenters. The van der Waals surface area contributed by atoms with Crippen molar-refractivity contribution in [1.82, 2.24) is 9.97 Å². The summed E-state index contributed by atoms with van der Waals surface area (Å²) in [5.41, 5.74) is 9.55. The topological polar surface area (TPSA) is 51.8 Å². The Morgan fingerprint density at radius 2 is 2.00 bits per heavy atom. The molecule has 1 aromatic rings. The molecular formula is C11H15N3. The van der Waals surface area contributed by atoms with Gasteiger partial charge in [0.1, 0.15) is 5.82 Å². The zero-order valence-corrected chi connectivity index (χ0v) is 8.45. The summed E-state index contributed by atoms with van der Waals surface area (Å²) in [7, 11) is 0. The molecule has 1 unspecified atom stereocenters. The van der Waals surface area contributed by atoms with Gasteiger partial charge < -0.3 is 5.73 Å². The Balaban J connectivity index is 2.10. The van der Waals surface area contributed by atoms with E-state index in [1.165, 1.54) is 24.1 Å². The van der Waals surface area contributed by atoms with Crippen molar-refractivity contribution in [2.24, 2.45) is 5.73 Å². The summed E-state index contributed by atoms with van der Waals surface area (Å²) in [4.78, 5) is 9.20. The smallest absolute Gasteiger partial charge is 0.131 e. The van der Waals surface area contributed by atoms with Crippen LogP contribution in [-0.4, -0.2) is 9.97 Å². The van der Waals surface area contributed by atoms with E-state index in [0.717, 1.165) is 24.4 Å². The van der Waals surface area contributed by atoms with E-state index in [1.807, 2.05) is 0 Å². The lowest BCUT2D eigenvalue weighted by molar-refractivity contribution is 0.707. The van der Waals surface area contributed by atoms with Crippen LogP contribution in [0.15, 0.2) is 0 Å². The Morgan fingerprint density at radius 1 is 1.21 bits per heavy atom. The van der Waals surface area contributed by atoms with Crippen LogP contribution < -0.4 is 5.73 Å². The lowest BCUT2D eigenvalue weighted by Crippen LogP contribution is -2.10. The van der Waals surface area contributed by atoms with Gasteiger partial charge in [0.2, 0.25) is 0 Å². The lowest BCUT2D eigenvalue weighted by Gasteiger charge is -2.09. The van der Waals surface area contributed by atoms with Crippen LogP contribution in [0.4, 0.5) is 0 Å². The van der Waals surface area contributed by atoms with E-state index in [0.29, 0.717) is 5.92 Å². The Morgan fingerprint density at radius 3 is 2.71 bits per heavy atom. The van der Waals surface area contributed by atoms with Gasteiger partial charge in [-0.15, -0.1) is 0 Å². The number of nitrogens with two attached hydrogens (primary N) is 1. The number of fused-ring (bicyclic) bond motifs is 1. The number of rotatable bonds is 1. The number of aromatic nitrogens is 2. The third-order valence-corrected chi connectivity index (χ3v) is 3.24. The molecule has 0 aliphatic heterocycles. The van der Waals surface area contributed by atoms with Crippen LogP contribution in [0.5, 0.6) is 0 Å². The number of nitrogens with zero attached hydrogens (tertiary/aromatic N) is 2. The van der Waals surface area contributed by atoms with Gasteiger partial charge in [0.15, 0.2) is 0 Å². The molecule has 0 amide bonds. The maximum absolute atomic E-state index is 6.01. The van der Waals surface area contributed by atoms with E-state index in [9.17, 15) is 0 Å². The highest BCUT2D eigenvalue weighted by atomic mass is 14.9. The molecule has 1 heterocycles. The summed E-state index contributed by atoms with van der Waals surface area (Å²) >= 11 is 0. The van der Waals surface area contributed by atoms with Crippen LogP contribution >= 0.6 is 0 Å². The van der Waals surface area contributed by atoms with Gasteiger partial charge in [0.25, 0.3) is 0 Å². The Hall–Kier alpha value is -0.960. The second kappa shape index (κ2) is 2.76. The highest BCUT2D eigenvalue weighted by molar-refractivity contribution is 5.33. The van der Waals surface area contributed by atoms with Gasteiger partial charge in [-0.1, -0.05) is 0 Å². The summed E-state index contributed by atoms with van der Waals surface area (Å²) in [5, 5.41) is 0. The maximum atomic E-state index is 6.01. The first-order chi connectivity index (χ1) is 6.75. The fraction of sp³-hybridized carbons (Fsp3) is 0.636. The predicted octanol–water partition coefficient (Wildman–Crippen LogP) is 1.61. The SMILES string of the molecule is Cc1nc(C2CC2)nc2c1C(N)CC2. The Labute approximate surface area is 83.8 Å². The zero-order chi connectivity index (χ0) is 9.71. The van der Waals surface area contributed by atoms with Crippen LogP contribution in [0.3, 0.4) is 0 Å². The van der Waals surface area contributed by atoms with E-state index in [1.54, 1.807) is 0 Å². The van der Waals surface area contributed by atoms with Crippen LogP contribution in [0.25, 0.3) is 0 Å². The first-order valence-electron chi connectivity index (χ1n) is 5.38. The van der Waals surface area contributed by atoms with Crippen molar-refractivity contribution in [2.45, 2.75) is 44.6 Å². The molecule has 1 fully saturated rings. The van der Waals surface area contributed by atoms with Gasteiger partial charge in [0, 0.05) is 28.9 Å². The minimum absolute atomic E-state index is 0.179. The summed E-state index contributed by atoms with van der Waals surface area (Å²) in [5.74, 6) is 1.71. The molecule has 3 rings (SSSR count). The molecule has 1 saturated carbocycles. The lowest BCUT2D eigenvalue weighted by atomic mass is 10.1. The Bertz CT molecular complexity index is 382. The molecule has 74 valence electrons. The standard InChI is InChI=1S/C11H15N3/c1-6-10-8(12)4-5-9(10)14-11(13-6)7-2-3-7/h7-8H,2-5,12H2,1H3. The van der Waals surface area contributed by atoms with Gasteiger partial charge in [-0.3, -0.25) is 0 Å². The van der Waals surface area contributed by atoms with Crippen LogP contribution in [0.1, 0.15) is 54.0 Å². The van der Waals surface area contributed by atoms with Gasteiger partial charge in [-0.25, -0.2) is 9.97 Å². The molecule has 0 saturated heterocycles. The van der Waals surface area contributed by atoms with Gasteiger partial charge in [-0.05, 0) is 32.6 Å². The molecule has 0 aromatic carbocycles. The minimum atomic E-state index is 0.179. The molecule has 3 heteroatoms. The third-order valence-electron chi connectivity index (χ3n) is 3.24. The second-order valence-corrected chi connectivity index (χ2v) is 4.45. The van der Waals surface area contributed by atoms with Crippen molar-refractivity contribution in [3.8, 4) is 0 Å². The summed E-state index contributed by atoms with van der Waals surface area (Å²) in [6.45, 7) is 2.07. The maximum Gasteiger partial charge on any atom is 0.131 e. The third kappa shape index (κ3) is 1.16. The van der Waals surface area contributed by atoms with Crippen molar-refractivity contribution >= 4 is 0 Å². The number of hydrogen-bond acceptors (Lipinski definition) is 3. The van der Waals surface area contributed by atoms with Crippen molar-refractivity contribution in [3.05, 3.63) is 22.8 Å². The van der Waals surface area contributed by atoms with Crippen molar-refractivity contribution in [2.75, 3.05) is 0 Å². The normalized spacial score (nSPS) is 25.1. The fourth-order valence-electron chi connectivity index (χ4n) is 2.30. The van der Waals surface area contributed by atoms with Crippen molar-refractivity contribution in [1.29, 1.82) is 0 Å². The van der Waals surface area contributed by atoms with E-state index in [4.69, 9.17) is 5.73 Å². The monoisotopic (exact) mass is 189 g/mol. The molecule has 2 N–H and O–H groups in total. The molecule has 0 radical (unpaired) electrons. The average Bonchev–Trinajstić information content (AvgIpc) is 2.92. The molecular weight excluding hydrogens is 174 g/mol. The number of hydrogen-bond donors (Lipinski definition) is 1. The quantitative estimate of drug-likeness (QED) is 0.730. The van der Waals surface area contributed by atoms with E-state index in [-0.39, 0.29) is 6.04 Å². The van der Waals surface area contributed by atoms with Crippen molar-refractivity contribution < 1.29 is 0 Å². The second-order valence-electron chi connectivity index (χ2n) is 4.45. The van der Waals surface area contributed by atoms with Gasteiger partial charge in [0.05, 0.1) is 0 Å². The molecule has 14 heavy (non-hydrogen) atoms. The number of aryl methyl sites for hydroxylation is 2. The molecule has 0 spiro atoms.